The van der Waals surface area contributed by atoms with Gasteiger partial charge in [-0.3, -0.25) is 0 Å². The third-order valence-electron chi connectivity index (χ3n) is 14.9. The van der Waals surface area contributed by atoms with Crippen molar-refractivity contribution in [1.82, 2.24) is 0 Å². The smallest absolute Gasteiger partial charge is 0.0619 e. The molecule has 0 bridgehead atoms. The molecule has 70 heavy (non-hydrogen) atoms. The minimum atomic E-state index is -0.319. The van der Waals surface area contributed by atoms with Gasteiger partial charge < -0.3 is 0 Å². The standard InChI is InChI=1S/C33H34.C23H32.C14H22/c1-31(2,3)23-15-19-25(20-16-23)33(26-21-17-24(18-22-26)32(4,5)6)29-13-9-7-11-27(29)28-12-8-10-14-30(28)33;1-21(2,3)17-9-13-19(14-10-17)23(7,8)20-15-11-18(12-16-20)22(4,5)6;1-13(2,3)11-8-7-9-12(10-11)14(4,5)6/h7-22H,1-6H3;9-16H,1-8H3;7-10H,1-6H3. The molecule has 0 saturated heterocycles. The first kappa shape index (κ1) is 53.9. The first-order valence-electron chi connectivity index (χ1n) is 26.0. The van der Waals surface area contributed by atoms with Crippen molar-refractivity contribution in [2.45, 2.75) is 182 Å². The second-order valence-corrected chi connectivity index (χ2v) is 26.9. The molecule has 0 N–H and O–H groups in total. The topological polar surface area (TPSA) is 0 Å². The highest BCUT2D eigenvalue weighted by Gasteiger charge is 2.46. The Bertz CT molecular complexity index is 2620. The van der Waals surface area contributed by atoms with Crippen LogP contribution < -0.4 is 0 Å². The molecule has 0 radical (unpaired) electrons. The van der Waals surface area contributed by atoms with Gasteiger partial charge in [0.05, 0.1) is 5.41 Å². The van der Waals surface area contributed by atoms with Gasteiger partial charge in [0, 0.05) is 5.41 Å². The molecular formula is C70H88. The van der Waals surface area contributed by atoms with Crippen LogP contribution in [0.3, 0.4) is 0 Å². The van der Waals surface area contributed by atoms with Crippen LogP contribution in [0.15, 0.2) is 170 Å². The lowest BCUT2D eigenvalue weighted by Gasteiger charge is -2.35. The Balaban J connectivity index is 0.000000189. The molecule has 0 atom stereocenters. The van der Waals surface area contributed by atoms with Crippen LogP contribution in [0.2, 0.25) is 0 Å². The van der Waals surface area contributed by atoms with Crippen LogP contribution in [0.4, 0.5) is 0 Å². The fourth-order valence-electron chi connectivity index (χ4n) is 9.86. The number of benzene rings is 7. The van der Waals surface area contributed by atoms with Gasteiger partial charge in [0.25, 0.3) is 0 Å². The minimum absolute atomic E-state index is 0.0207. The molecule has 0 heterocycles. The summed E-state index contributed by atoms with van der Waals surface area (Å²) in [5.41, 5.74) is 20.1. The van der Waals surface area contributed by atoms with Crippen molar-refractivity contribution in [2.24, 2.45) is 0 Å². The van der Waals surface area contributed by atoms with Crippen LogP contribution >= 0.6 is 0 Å². The average Bonchev–Trinajstić information content (AvgIpc) is 3.59. The molecule has 0 saturated carbocycles. The first-order chi connectivity index (χ1) is 32.3. The van der Waals surface area contributed by atoms with Gasteiger partial charge in [0.1, 0.15) is 0 Å². The van der Waals surface area contributed by atoms with Gasteiger partial charge in [-0.15, -0.1) is 0 Å². The fourth-order valence-corrected chi connectivity index (χ4v) is 9.86. The lowest BCUT2D eigenvalue weighted by Crippen LogP contribution is -2.29. The van der Waals surface area contributed by atoms with Crippen LogP contribution in [0, 0.1) is 0 Å². The largest absolute Gasteiger partial charge is 0.0713 e. The van der Waals surface area contributed by atoms with Gasteiger partial charge in [0.2, 0.25) is 0 Å². The fraction of sp³-hybridized carbons (Fsp3) is 0.400. The quantitative estimate of drug-likeness (QED) is 0.165. The van der Waals surface area contributed by atoms with Crippen LogP contribution in [-0.4, -0.2) is 0 Å². The van der Waals surface area contributed by atoms with Gasteiger partial charge >= 0.3 is 0 Å². The Morgan fingerprint density at radius 1 is 0.229 bits per heavy atom. The molecule has 1 aliphatic rings. The van der Waals surface area contributed by atoms with Crippen LogP contribution in [0.1, 0.15) is 205 Å². The SMILES string of the molecule is CC(C)(C)c1ccc(C(C)(C)c2ccc(C(C)(C)C)cc2)cc1.CC(C)(C)c1ccc(C2(c3ccc(C(C)(C)C)cc3)c3ccccc3-c3ccccc32)cc1.CC(C)(C)c1cccc(C(C)(C)C)c1. The van der Waals surface area contributed by atoms with Crippen molar-refractivity contribution < 1.29 is 0 Å². The summed E-state index contributed by atoms with van der Waals surface area (Å²) in [6.07, 6.45) is 0. The Labute approximate surface area is 427 Å². The molecule has 8 rings (SSSR count). The molecular weight excluding hydrogens is 841 g/mol. The summed E-state index contributed by atoms with van der Waals surface area (Å²) in [5, 5.41) is 0. The van der Waals surface area contributed by atoms with E-state index in [2.05, 4.69) is 308 Å². The maximum Gasteiger partial charge on any atom is 0.0713 e. The van der Waals surface area contributed by atoms with Crippen molar-refractivity contribution in [3.05, 3.63) is 237 Å². The van der Waals surface area contributed by atoms with E-state index in [9.17, 15) is 0 Å². The van der Waals surface area contributed by atoms with Crippen LogP contribution in [0.25, 0.3) is 11.1 Å². The second kappa shape index (κ2) is 19.6. The first-order valence-corrected chi connectivity index (χ1v) is 26.0. The highest BCUT2D eigenvalue weighted by atomic mass is 14.5. The van der Waals surface area contributed by atoms with E-state index >= 15 is 0 Å². The lowest BCUT2D eigenvalue weighted by atomic mass is 9.67. The van der Waals surface area contributed by atoms with Crippen molar-refractivity contribution >= 4 is 0 Å². The number of hydrogen-bond acceptors (Lipinski definition) is 0. The average molecular weight is 929 g/mol. The van der Waals surface area contributed by atoms with Crippen molar-refractivity contribution in [1.29, 1.82) is 0 Å². The zero-order chi connectivity index (χ0) is 51.9. The van der Waals surface area contributed by atoms with Gasteiger partial charge in [-0.25, -0.2) is 0 Å². The summed E-state index contributed by atoms with van der Waals surface area (Å²) in [7, 11) is 0. The molecule has 0 amide bonds. The lowest BCUT2D eigenvalue weighted by molar-refractivity contribution is 0.568. The van der Waals surface area contributed by atoms with Gasteiger partial charge in [0.15, 0.2) is 0 Å². The third-order valence-corrected chi connectivity index (χ3v) is 14.9. The monoisotopic (exact) mass is 929 g/mol. The van der Waals surface area contributed by atoms with Gasteiger partial charge in [-0.1, -0.05) is 308 Å². The molecule has 0 aromatic heterocycles. The summed E-state index contributed by atoms with van der Waals surface area (Å²) in [4.78, 5) is 0. The van der Waals surface area contributed by atoms with Gasteiger partial charge in [-0.05, 0) is 110 Å². The Kier molecular flexibility index (Phi) is 15.1. The maximum atomic E-state index is 2.36. The summed E-state index contributed by atoms with van der Waals surface area (Å²) in [6, 6.07) is 63.8. The molecule has 1 aliphatic carbocycles. The highest BCUT2D eigenvalue weighted by Crippen LogP contribution is 2.56. The van der Waals surface area contributed by atoms with E-state index in [0.29, 0.717) is 0 Å². The molecule has 0 aliphatic heterocycles. The summed E-state index contributed by atoms with van der Waals surface area (Å²) in [6.45, 7) is 45.4. The third kappa shape index (κ3) is 11.7. The predicted octanol–water partition coefficient (Wildman–Crippen LogP) is 19.5. The van der Waals surface area contributed by atoms with E-state index in [1.807, 2.05) is 0 Å². The summed E-state index contributed by atoms with van der Waals surface area (Å²) >= 11 is 0. The number of fused-ring (bicyclic) bond motifs is 3. The van der Waals surface area contributed by atoms with Gasteiger partial charge in [-0.2, -0.15) is 0 Å². The number of rotatable bonds is 4. The molecule has 0 spiro atoms. The Morgan fingerprint density at radius 3 is 0.743 bits per heavy atom. The molecule has 7 aromatic carbocycles. The molecule has 0 fully saturated rings. The van der Waals surface area contributed by atoms with E-state index in [-0.39, 0.29) is 43.3 Å². The second-order valence-electron chi connectivity index (χ2n) is 26.9. The van der Waals surface area contributed by atoms with E-state index in [1.54, 1.807) is 0 Å². The highest BCUT2D eigenvalue weighted by molar-refractivity contribution is 5.86. The van der Waals surface area contributed by atoms with E-state index in [4.69, 9.17) is 0 Å². The van der Waals surface area contributed by atoms with Crippen molar-refractivity contribution in [3.63, 3.8) is 0 Å². The van der Waals surface area contributed by atoms with Crippen LogP contribution in [-0.2, 0) is 43.3 Å². The molecule has 0 unspecified atom stereocenters. The predicted molar refractivity (Wildman–Crippen MR) is 307 cm³/mol. The number of hydrogen-bond donors (Lipinski definition) is 0. The Morgan fingerprint density at radius 2 is 0.471 bits per heavy atom. The van der Waals surface area contributed by atoms with Crippen molar-refractivity contribution in [3.8, 4) is 11.1 Å². The molecule has 368 valence electrons. The Hall–Kier alpha value is -5.46. The van der Waals surface area contributed by atoms with E-state index < -0.39 is 0 Å². The minimum Gasteiger partial charge on any atom is -0.0619 e. The van der Waals surface area contributed by atoms with Crippen LogP contribution in [0.5, 0.6) is 0 Å². The summed E-state index contributed by atoms with van der Waals surface area (Å²) < 4.78 is 0. The summed E-state index contributed by atoms with van der Waals surface area (Å²) in [5.74, 6) is 0. The normalized spacial score (nSPS) is 13.8. The molecule has 0 nitrogen and oxygen atoms in total. The zero-order valence-electron chi connectivity index (χ0n) is 47.2. The van der Waals surface area contributed by atoms with Crippen molar-refractivity contribution in [2.75, 3.05) is 0 Å². The maximum absolute atomic E-state index is 2.36. The zero-order valence-corrected chi connectivity index (χ0v) is 47.2. The van der Waals surface area contributed by atoms with E-state index in [1.165, 1.54) is 77.9 Å². The molecule has 0 heteroatoms. The molecule has 7 aromatic rings. The van der Waals surface area contributed by atoms with E-state index in [0.717, 1.165) is 0 Å².